The molecule has 0 atom stereocenters. The summed E-state index contributed by atoms with van der Waals surface area (Å²) >= 11 is 0. The van der Waals surface area contributed by atoms with Gasteiger partial charge in [-0.05, 0) is 48.5 Å². The maximum absolute atomic E-state index is 12.8. The zero-order chi connectivity index (χ0) is 24.8. The maximum Gasteiger partial charge on any atom is 0.338 e. The lowest BCUT2D eigenvalue weighted by Crippen LogP contribution is -2.09. The minimum absolute atomic E-state index is 0.0337. The zero-order valence-electron chi connectivity index (χ0n) is 18.9. The van der Waals surface area contributed by atoms with Crippen LogP contribution in [0.2, 0.25) is 0 Å². The molecule has 0 saturated heterocycles. The highest BCUT2D eigenvalue weighted by atomic mass is 16.5. The van der Waals surface area contributed by atoms with Crippen molar-refractivity contribution < 1.29 is 37.5 Å². The molecule has 2 heterocycles. The number of fused-ring (bicyclic) bond motifs is 1. The summed E-state index contributed by atoms with van der Waals surface area (Å²) in [6.45, 7) is 1.99. The largest absolute Gasteiger partial charge is 0.479 e. The average Bonchev–Trinajstić information content (AvgIpc) is 3.33. The fourth-order valence-electron chi connectivity index (χ4n) is 3.14. The molecule has 0 radical (unpaired) electrons. The first-order chi connectivity index (χ1) is 17.0. The third-order valence-electron chi connectivity index (χ3n) is 4.86. The first-order valence-corrected chi connectivity index (χ1v) is 10.7. The normalized spacial score (nSPS) is 10.7. The van der Waals surface area contributed by atoms with E-state index in [4.69, 9.17) is 27.9 Å². The highest BCUT2D eigenvalue weighted by Crippen LogP contribution is 2.25. The predicted molar refractivity (Wildman–Crippen MR) is 122 cm³/mol. The van der Waals surface area contributed by atoms with E-state index in [0.29, 0.717) is 29.4 Å². The monoisotopic (exact) mass is 479 g/mol. The summed E-state index contributed by atoms with van der Waals surface area (Å²) in [6, 6.07) is 12.2. The molecule has 0 N–H and O–H groups in total. The van der Waals surface area contributed by atoms with Crippen LogP contribution in [-0.2, 0) is 16.0 Å². The summed E-state index contributed by atoms with van der Waals surface area (Å²) < 4.78 is 31.4. The highest BCUT2D eigenvalue weighted by Gasteiger charge is 2.14. The molecule has 0 amide bonds. The van der Waals surface area contributed by atoms with Gasteiger partial charge in [0.05, 0.1) is 31.1 Å². The number of nitrogens with zero attached hydrogens (tertiary/aromatic N) is 1. The molecule has 10 heteroatoms. The Balaban J connectivity index is 1.42. The van der Waals surface area contributed by atoms with Gasteiger partial charge in [0.25, 0.3) is 5.88 Å². The first kappa shape index (κ1) is 23.6. The Labute approximate surface area is 198 Å². The number of rotatable bonds is 9. The van der Waals surface area contributed by atoms with Crippen molar-refractivity contribution in [3.8, 4) is 23.1 Å². The highest BCUT2D eigenvalue weighted by molar-refractivity contribution is 5.89. The molecular formula is C25H21NO9. The minimum Gasteiger partial charge on any atom is -0.479 e. The summed E-state index contributed by atoms with van der Waals surface area (Å²) in [4.78, 5) is 36.7. The molecule has 4 rings (SSSR count). The summed E-state index contributed by atoms with van der Waals surface area (Å²) in [5, 5.41) is 3.92. The predicted octanol–water partition coefficient (Wildman–Crippen LogP) is 4.30. The summed E-state index contributed by atoms with van der Waals surface area (Å²) in [5.41, 5.74) is 0.190. The van der Waals surface area contributed by atoms with Crippen molar-refractivity contribution in [2.45, 2.75) is 19.8 Å². The number of carbonyl (C=O) groups excluding carboxylic acids is 2. The Bertz CT molecular complexity index is 1400. The first-order valence-electron chi connectivity index (χ1n) is 10.7. The smallest absolute Gasteiger partial charge is 0.338 e. The zero-order valence-corrected chi connectivity index (χ0v) is 18.9. The van der Waals surface area contributed by atoms with Gasteiger partial charge in [-0.15, -0.1) is 0 Å². The van der Waals surface area contributed by atoms with Gasteiger partial charge >= 0.3 is 11.9 Å². The fourth-order valence-corrected chi connectivity index (χ4v) is 3.14. The molecule has 35 heavy (non-hydrogen) atoms. The molecule has 0 aliphatic carbocycles. The van der Waals surface area contributed by atoms with Crippen LogP contribution in [0.1, 0.15) is 29.5 Å². The van der Waals surface area contributed by atoms with Crippen molar-refractivity contribution >= 4 is 22.9 Å². The van der Waals surface area contributed by atoms with E-state index in [-0.39, 0.29) is 35.5 Å². The van der Waals surface area contributed by atoms with Crippen LogP contribution in [0.5, 0.6) is 23.1 Å². The number of aryl methyl sites for hydroxylation is 1. The van der Waals surface area contributed by atoms with E-state index in [1.165, 1.54) is 43.7 Å². The molecule has 0 spiro atoms. The van der Waals surface area contributed by atoms with Crippen LogP contribution >= 0.6 is 0 Å². The van der Waals surface area contributed by atoms with Gasteiger partial charge in [0.15, 0.2) is 0 Å². The second-order valence-corrected chi connectivity index (χ2v) is 7.24. The van der Waals surface area contributed by atoms with Crippen molar-refractivity contribution in [3.05, 3.63) is 76.3 Å². The van der Waals surface area contributed by atoms with Crippen LogP contribution < -0.4 is 19.6 Å². The van der Waals surface area contributed by atoms with Crippen molar-refractivity contribution in [3.63, 3.8) is 0 Å². The number of hydrogen-bond donors (Lipinski definition) is 0. The topological polar surface area (TPSA) is 127 Å². The molecule has 180 valence electrons. The Morgan fingerprint density at radius 3 is 2.51 bits per heavy atom. The van der Waals surface area contributed by atoms with Crippen LogP contribution in [0.4, 0.5) is 0 Å². The number of benzene rings is 2. The van der Waals surface area contributed by atoms with Crippen molar-refractivity contribution in [2.24, 2.45) is 0 Å². The van der Waals surface area contributed by atoms with Crippen LogP contribution in [0.25, 0.3) is 11.0 Å². The number of carbonyl (C=O) groups is 2. The molecule has 2 aromatic carbocycles. The van der Waals surface area contributed by atoms with Gasteiger partial charge in [0.2, 0.25) is 11.2 Å². The lowest BCUT2D eigenvalue weighted by Gasteiger charge is -2.08. The van der Waals surface area contributed by atoms with Crippen LogP contribution in [-0.4, -0.2) is 30.8 Å². The molecule has 0 aliphatic rings. The molecular weight excluding hydrogens is 458 g/mol. The Kier molecular flexibility index (Phi) is 7.10. The van der Waals surface area contributed by atoms with Gasteiger partial charge < -0.3 is 27.9 Å². The standard InChI is InChI=1S/C25H21NO9/c1-3-31-25(29)15-4-6-16(7-5-15)33-21-14-32-20-12-17(8-10-19(20)24(21)28)34-23(27)11-9-18-13-22(30-2)26-35-18/h4-8,10,12-14H,3,9,11H2,1-2H3. The Morgan fingerprint density at radius 2 is 1.80 bits per heavy atom. The van der Waals surface area contributed by atoms with Crippen LogP contribution in [0.15, 0.2) is 68.5 Å². The van der Waals surface area contributed by atoms with Gasteiger partial charge in [-0.1, -0.05) is 0 Å². The molecule has 2 aromatic heterocycles. The van der Waals surface area contributed by atoms with E-state index < -0.39 is 17.4 Å². The van der Waals surface area contributed by atoms with E-state index in [2.05, 4.69) is 5.16 Å². The van der Waals surface area contributed by atoms with Crippen LogP contribution in [0, 0.1) is 0 Å². The fraction of sp³-hybridized carbons (Fsp3) is 0.200. The lowest BCUT2D eigenvalue weighted by atomic mass is 10.2. The van der Waals surface area contributed by atoms with E-state index in [1.54, 1.807) is 25.1 Å². The number of ether oxygens (including phenoxy) is 4. The van der Waals surface area contributed by atoms with Gasteiger partial charge in [-0.3, -0.25) is 9.59 Å². The average molecular weight is 479 g/mol. The van der Waals surface area contributed by atoms with E-state index in [0.717, 1.165) is 0 Å². The van der Waals surface area contributed by atoms with Gasteiger partial charge in [0.1, 0.15) is 29.1 Å². The molecule has 0 unspecified atom stereocenters. The maximum atomic E-state index is 12.8. The van der Waals surface area contributed by atoms with Crippen molar-refractivity contribution in [2.75, 3.05) is 13.7 Å². The van der Waals surface area contributed by atoms with Crippen molar-refractivity contribution in [1.29, 1.82) is 0 Å². The third-order valence-corrected chi connectivity index (χ3v) is 4.86. The number of hydrogen-bond acceptors (Lipinski definition) is 10. The molecule has 0 aliphatic heterocycles. The summed E-state index contributed by atoms with van der Waals surface area (Å²) in [7, 11) is 1.47. The Morgan fingerprint density at radius 1 is 1.03 bits per heavy atom. The molecule has 0 bridgehead atoms. The number of aromatic nitrogens is 1. The number of esters is 2. The minimum atomic E-state index is -0.492. The molecule has 0 saturated carbocycles. The number of methoxy groups -OCH3 is 1. The summed E-state index contributed by atoms with van der Waals surface area (Å²) in [5.74, 6) is 0.422. The SMILES string of the molecule is CCOC(=O)c1ccc(Oc2coc3cc(OC(=O)CCc4cc(OC)no4)ccc3c2=O)cc1. The molecule has 4 aromatic rings. The second-order valence-electron chi connectivity index (χ2n) is 7.24. The Hall–Kier alpha value is -4.60. The van der Waals surface area contributed by atoms with Crippen molar-refractivity contribution in [1.82, 2.24) is 5.16 Å². The van der Waals surface area contributed by atoms with Crippen LogP contribution in [0.3, 0.4) is 0 Å². The van der Waals surface area contributed by atoms with E-state index in [9.17, 15) is 14.4 Å². The van der Waals surface area contributed by atoms with Gasteiger partial charge in [-0.2, -0.15) is 0 Å². The van der Waals surface area contributed by atoms with E-state index in [1.807, 2.05) is 0 Å². The van der Waals surface area contributed by atoms with E-state index >= 15 is 0 Å². The quantitative estimate of drug-likeness (QED) is 0.253. The second kappa shape index (κ2) is 10.6. The third kappa shape index (κ3) is 5.67. The van der Waals surface area contributed by atoms with Gasteiger partial charge in [-0.25, -0.2) is 4.79 Å². The molecule has 10 nitrogen and oxygen atoms in total. The molecule has 0 fully saturated rings. The summed E-state index contributed by atoms with van der Waals surface area (Å²) in [6.07, 6.45) is 1.52. The lowest BCUT2D eigenvalue weighted by molar-refractivity contribution is -0.134. The van der Waals surface area contributed by atoms with Gasteiger partial charge in [0, 0.05) is 18.6 Å².